The molecule has 0 amide bonds. The van der Waals surface area contributed by atoms with Crippen LogP contribution in [0.3, 0.4) is 0 Å². The van der Waals surface area contributed by atoms with Crippen LogP contribution in [0.15, 0.2) is 30.3 Å². The third-order valence-corrected chi connectivity index (χ3v) is 2.70. The van der Waals surface area contributed by atoms with Gasteiger partial charge < -0.3 is 9.84 Å². The van der Waals surface area contributed by atoms with Gasteiger partial charge in [0.15, 0.2) is 11.6 Å². The summed E-state index contributed by atoms with van der Waals surface area (Å²) in [5.74, 6) is -2.54. The van der Waals surface area contributed by atoms with Gasteiger partial charge in [-0.25, -0.2) is 13.8 Å². The predicted octanol–water partition coefficient (Wildman–Crippen LogP) is 2.45. The maximum absolute atomic E-state index is 13.5. The molecule has 6 heteroatoms. The number of aromatic nitrogens is 1. The van der Waals surface area contributed by atoms with Crippen molar-refractivity contribution in [2.24, 2.45) is 0 Å². The van der Waals surface area contributed by atoms with Gasteiger partial charge in [0.05, 0.1) is 24.9 Å². The van der Waals surface area contributed by atoms with Gasteiger partial charge in [0, 0.05) is 5.56 Å². The summed E-state index contributed by atoms with van der Waals surface area (Å²) in [6.45, 7) is 0. The first-order valence-electron chi connectivity index (χ1n) is 5.72. The number of carbonyl (C=O) groups is 1. The Hall–Kier alpha value is -2.50. The Kier molecular flexibility index (Phi) is 3.93. The summed E-state index contributed by atoms with van der Waals surface area (Å²) in [4.78, 5) is 15.1. The van der Waals surface area contributed by atoms with Gasteiger partial charge in [0.2, 0.25) is 0 Å². The number of phenols is 1. The fraction of sp³-hybridized carbons (Fsp3) is 0.143. The van der Waals surface area contributed by atoms with E-state index in [1.807, 2.05) is 0 Å². The van der Waals surface area contributed by atoms with Crippen LogP contribution in [-0.4, -0.2) is 23.2 Å². The molecule has 0 atom stereocenters. The first-order chi connectivity index (χ1) is 9.51. The minimum Gasteiger partial charge on any atom is -0.505 e. The number of halogens is 2. The normalized spacial score (nSPS) is 10.3. The number of hydrogen-bond acceptors (Lipinski definition) is 4. The Morgan fingerprint density at radius 2 is 2.00 bits per heavy atom. The van der Waals surface area contributed by atoms with Crippen LogP contribution < -0.4 is 0 Å². The van der Waals surface area contributed by atoms with E-state index in [4.69, 9.17) is 5.11 Å². The summed E-state index contributed by atoms with van der Waals surface area (Å²) in [5, 5.41) is 9.12. The molecule has 104 valence electrons. The Bertz CT molecular complexity index is 659. The van der Waals surface area contributed by atoms with Crippen molar-refractivity contribution in [3.05, 3.63) is 47.7 Å². The van der Waals surface area contributed by atoms with E-state index in [2.05, 4.69) is 9.72 Å². The molecular formula is C14H11F2NO3. The number of phenolic OH excluding ortho intramolecular Hbond substituents is 1. The lowest BCUT2D eigenvalue weighted by atomic mass is 10.1. The van der Waals surface area contributed by atoms with Crippen molar-refractivity contribution in [1.82, 2.24) is 4.98 Å². The van der Waals surface area contributed by atoms with Crippen molar-refractivity contribution in [3.8, 4) is 17.0 Å². The smallest absolute Gasteiger partial charge is 0.311 e. The van der Waals surface area contributed by atoms with E-state index in [9.17, 15) is 13.6 Å². The molecule has 1 aromatic carbocycles. The van der Waals surface area contributed by atoms with Crippen LogP contribution in [0.5, 0.6) is 5.75 Å². The largest absolute Gasteiger partial charge is 0.505 e. The van der Waals surface area contributed by atoms with Gasteiger partial charge in [-0.15, -0.1) is 0 Å². The topological polar surface area (TPSA) is 59.4 Å². The van der Waals surface area contributed by atoms with Gasteiger partial charge >= 0.3 is 5.97 Å². The maximum Gasteiger partial charge on any atom is 0.311 e. The van der Waals surface area contributed by atoms with Gasteiger partial charge in [0.1, 0.15) is 5.82 Å². The highest BCUT2D eigenvalue weighted by Crippen LogP contribution is 2.24. The summed E-state index contributed by atoms with van der Waals surface area (Å²) in [6, 6.07) is 6.21. The molecule has 0 saturated heterocycles. The van der Waals surface area contributed by atoms with Gasteiger partial charge in [-0.2, -0.15) is 0 Å². The summed E-state index contributed by atoms with van der Waals surface area (Å²) in [6.07, 6.45) is -0.309. The Labute approximate surface area is 113 Å². The second-order valence-corrected chi connectivity index (χ2v) is 4.04. The SMILES string of the molecule is COC(=O)Cc1nc(-c2ccc(O)c(F)c2)ccc1F. The van der Waals surface area contributed by atoms with Gasteiger partial charge in [-0.05, 0) is 30.3 Å². The van der Waals surface area contributed by atoms with Crippen molar-refractivity contribution >= 4 is 5.97 Å². The van der Waals surface area contributed by atoms with Gasteiger partial charge in [0.25, 0.3) is 0 Å². The quantitative estimate of drug-likeness (QED) is 0.877. The van der Waals surface area contributed by atoms with Gasteiger partial charge in [-0.3, -0.25) is 4.79 Å². The van der Waals surface area contributed by atoms with Crippen molar-refractivity contribution < 1.29 is 23.4 Å². The molecule has 0 aliphatic rings. The zero-order valence-corrected chi connectivity index (χ0v) is 10.6. The molecule has 2 rings (SSSR count). The number of hydrogen-bond donors (Lipinski definition) is 1. The summed E-state index contributed by atoms with van der Waals surface area (Å²) >= 11 is 0. The highest BCUT2D eigenvalue weighted by atomic mass is 19.1. The zero-order chi connectivity index (χ0) is 14.7. The number of carbonyl (C=O) groups excluding carboxylic acids is 1. The summed E-state index contributed by atoms with van der Waals surface area (Å²) in [7, 11) is 1.19. The monoisotopic (exact) mass is 279 g/mol. The van der Waals surface area contributed by atoms with E-state index in [1.165, 1.54) is 25.3 Å². The first-order valence-corrected chi connectivity index (χ1v) is 5.72. The molecule has 0 aliphatic heterocycles. The molecule has 1 aromatic heterocycles. The molecule has 1 heterocycles. The van der Waals surface area contributed by atoms with Crippen LogP contribution >= 0.6 is 0 Å². The molecule has 0 unspecified atom stereocenters. The first kappa shape index (κ1) is 13.9. The van der Waals surface area contributed by atoms with Crippen molar-refractivity contribution in [2.75, 3.05) is 7.11 Å². The summed E-state index contributed by atoms with van der Waals surface area (Å²) in [5.41, 5.74) is 0.582. The minimum absolute atomic E-state index is 0.0807. The van der Waals surface area contributed by atoms with Crippen LogP contribution in [-0.2, 0) is 16.0 Å². The number of methoxy groups -OCH3 is 1. The van der Waals surface area contributed by atoms with Gasteiger partial charge in [-0.1, -0.05) is 0 Å². The van der Waals surface area contributed by atoms with Crippen LogP contribution in [0.1, 0.15) is 5.69 Å². The summed E-state index contributed by atoms with van der Waals surface area (Å²) < 4.78 is 31.3. The van der Waals surface area contributed by atoms with Crippen molar-refractivity contribution in [1.29, 1.82) is 0 Å². The van der Waals surface area contributed by atoms with Crippen molar-refractivity contribution in [3.63, 3.8) is 0 Å². The zero-order valence-electron chi connectivity index (χ0n) is 10.6. The molecule has 0 saturated carbocycles. The Balaban J connectivity index is 2.40. The molecule has 0 radical (unpaired) electrons. The number of rotatable bonds is 3. The lowest BCUT2D eigenvalue weighted by Gasteiger charge is -2.06. The number of pyridine rings is 1. The molecule has 4 nitrogen and oxygen atoms in total. The van der Waals surface area contributed by atoms with E-state index < -0.39 is 23.4 Å². The van der Waals surface area contributed by atoms with Crippen LogP contribution in [0.4, 0.5) is 8.78 Å². The minimum atomic E-state index is -0.803. The molecule has 0 fully saturated rings. The molecule has 0 aliphatic carbocycles. The lowest BCUT2D eigenvalue weighted by Crippen LogP contribution is -2.08. The van der Waals surface area contributed by atoms with E-state index >= 15 is 0 Å². The Morgan fingerprint density at radius 1 is 1.25 bits per heavy atom. The molecule has 2 aromatic rings. The third kappa shape index (κ3) is 2.90. The average molecular weight is 279 g/mol. The van der Waals surface area contributed by atoms with E-state index in [-0.39, 0.29) is 12.1 Å². The van der Waals surface area contributed by atoms with Crippen LogP contribution in [0.25, 0.3) is 11.3 Å². The van der Waals surface area contributed by atoms with E-state index in [0.717, 1.165) is 12.1 Å². The fourth-order valence-corrected chi connectivity index (χ4v) is 1.64. The van der Waals surface area contributed by atoms with Crippen molar-refractivity contribution in [2.45, 2.75) is 6.42 Å². The standard InChI is InChI=1S/C14H11F2NO3/c1-20-14(19)7-12-9(15)3-4-11(17-12)8-2-5-13(18)10(16)6-8/h2-6,18H,7H2,1H3. The molecular weight excluding hydrogens is 268 g/mol. The second kappa shape index (κ2) is 5.64. The number of esters is 1. The fourth-order valence-electron chi connectivity index (χ4n) is 1.64. The average Bonchev–Trinajstić information content (AvgIpc) is 2.44. The highest BCUT2D eigenvalue weighted by Gasteiger charge is 2.12. The number of nitrogens with zero attached hydrogens (tertiary/aromatic N) is 1. The number of aromatic hydroxyl groups is 1. The van der Waals surface area contributed by atoms with E-state index in [0.29, 0.717) is 11.3 Å². The number of benzene rings is 1. The van der Waals surface area contributed by atoms with E-state index in [1.54, 1.807) is 0 Å². The lowest BCUT2D eigenvalue weighted by molar-refractivity contribution is -0.139. The van der Waals surface area contributed by atoms with Crippen LogP contribution in [0.2, 0.25) is 0 Å². The second-order valence-electron chi connectivity index (χ2n) is 4.04. The predicted molar refractivity (Wildman–Crippen MR) is 67.0 cm³/mol. The maximum atomic E-state index is 13.5. The number of ether oxygens (including phenoxy) is 1. The molecule has 1 N–H and O–H groups in total. The molecule has 20 heavy (non-hydrogen) atoms. The third-order valence-electron chi connectivity index (χ3n) is 2.70. The highest BCUT2D eigenvalue weighted by molar-refractivity contribution is 5.72. The molecule has 0 spiro atoms. The van der Waals surface area contributed by atoms with Crippen LogP contribution in [0, 0.1) is 11.6 Å². The molecule has 0 bridgehead atoms. The Morgan fingerprint density at radius 3 is 2.65 bits per heavy atom.